The number of unbranched alkanes of at least 4 members (excludes halogenated alkanes) is 18. The number of carbonyl (C=O) groups excluding carboxylic acids is 2. The second kappa shape index (κ2) is 32.3. The zero-order valence-electron chi connectivity index (χ0n) is 30.0. The van der Waals surface area contributed by atoms with Gasteiger partial charge in [0.1, 0.15) is 6.61 Å². The summed E-state index contributed by atoms with van der Waals surface area (Å²) >= 11 is 0. The van der Waals surface area contributed by atoms with E-state index < -0.39 is 26.5 Å². The molecule has 0 aromatic heterocycles. The van der Waals surface area contributed by atoms with Crippen molar-refractivity contribution in [1.82, 2.24) is 4.90 Å². The first kappa shape index (κ1) is 44.8. The van der Waals surface area contributed by atoms with E-state index in [1.54, 1.807) is 0 Å². The lowest BCUT2D eigenvalue weighted by Crippen LogP contribution is -2.29. The van der Waals surface area contributed by atoms with E-state index in [0.29, 0.717) is 19.4 Å². The maximum atomic E-state index is 12.5. The summed E-state index contributed by atoms with van der Waals surface area (Å²) < 4.78 is 33.2. The molecule has 2 unspecified atom stereocenters. The van der Waals surface area contributed by atoms with Gasteiger partial charge in [-0.2, -0.15) is 0 Å². The Balaban J connectivity index is 4.38. The average molecular weight is 676 g/mol. The van der Waals surface area contributed by atoms with E-state index in [1.165, 1.54) is 70.6 Å². The Kier molecular flexibility index (Phi) is 31.4. The first-order valence-corrected chi connectivity index (χ1v) is 20.0. The molecule has 46 heavy (non-hydrogen) atoms. The van der Waals surface area contributed by atoms with Crippen LogP contribution in [0.2, 0.25) is 0 Å². The van der Waals surface area contributed by atoms with Gasteiger partial charge >= 0.3 is 19.8 Å². The minimum Gasteiger partial charge on any atom is -0.462 e. The van der Waals surface area contributed by atoms with E-state index in [0.717, 1.165) is 57.8 Å². The van der Waals surface area contributed by atoms with Gasteiger partial charge in [-0.25, -0.2) is 4.57 Å². The Morgan fingerprint density at radius 2 is 1.13 bits per heavy atom. The molecule has 0 heterocycles. The number of carbonyl (C=O) groups is 2. The third-order valence-electron chi connectivity index (χ3n) is 7.82. The standard InChI is InChI=1S/C36H70NO8P/c1-5-7-9-11-13-15-17-19-20-22-24-26-28-35(38)42-32-34(33-44-46(40,41)43-31-30-37(3)4)45-36(39)29-27-25-23-21-18-16-14-12-10-8-6-2/h12,14,34H,5-11,13,15-33H2,1-4H3,(H,40,41)/b14-12-. The number of allylic oxidation sites excluding steroid dienone is 2. The minimum absolute atomic E-state index is 0.00834. The highest BCUT2D eigenvalue weighted by atomic mass is 31.2. The van der Waals surface area contributed by atoms with Gasteiger partial charge in [-0.05, 0) is 46.2 Å². The van der Waals surface area contributed by atoms with Crippen LogP contribution in [-0.4, -0.2) is 68.3 Å². The van der Waals surface area contributed by atoms with E-state index in [-0.39, 0.29) is 25.6 Å². The van der Waals surface area contributed by atoms with E-state index in [1.807, 2.05) is 19.0 Å². The first-order valence-electron chi connectivity index (χ1n) is 18.5. The largest absolute Gasteiger partial charge is 0.472 e. The van der Waals surface area contributed by atoms with Crippen molar-refractivity contribution in [3.05, 3.63) is 12.2 Å². The molecule has 0 aliphatic rings. The number of hydrogen-bond donors (Lipinski definition) is 1. The summed E-state index contributed by atoms with van der Waals surface area (Å²) in [4.78, 5) is 36.7. The third kappa shape index (κ3) is 32.7. The Labute approximate surface area is 282 Å². The molecule has 0 saturated heterocycles. The molecule has 9 nitrogen and oxygen atoms in total. The summed E-state index contributed by atoms with van der Waals surface area (Å²) in [5.41, 5.74) is 0. The lowest BCUT2D eigenvalue weighted by molar-refractivity contribution is -0.161. The molecule has 0 saturated carbocycles. The van der Waals surface area contributed by atoms with Crippen molar-refractivity contribution in [2.75, 3.05) is 40.5 Å². The Bertz CT molecular complexity index is 792. The lowest BCUT2D eigenvalue weighted by Gasteiger charge is -2.20. The molecule has 0 radical (unpaired) electrons. The van der Waals surface area contributed by atoms with Crippen molar-refractivity contribution < 1.29 is 37.6 Å². The van der Waals surface area contributed by atoms with Gasteiger partial charge < -0.3 is 19.3 Å². The fraction of sp³-hybridized carbons (Fsp3) is 0.889. The van der Waals surface area contributed by atoms with Crippen molar-refractivity contribution in [1.29, 1.82) is 0 Å². The maximum absolute atomic E-state index is 12.5. The van der Waals surface area contributed by atoms with Crippen molar-refractivity contribution in [2.45, 2.75) is 168 Å². The van der Waals surface area contributed by atoms with Crippen LogP contribution in [0.1, 0.15) is 162 Å². The number of esters is 2. The van der Waals surface area contributed by atoms with Crippen LogP contribution < -0.4 is 0 Å². The average Bonchev–Trinajstić information content (AvgIpc) is 3.01. The highest BCUT2D eigenvalue weighted by Gasteiger charge is 2.26. The van der Waals surface area contributed by atoms with E-state index in [9.17, 15) is 19.0 Å². The predicted molar refractivity (Wildman–Crippen MR) is 188 cm³/mol. The van der Waals surface area contributed by atoms with Crippen molar-refractivity contribution in [3.8, 4) is 0 Å². The number of rotatable bonds is 34. The molecular weight excluding hydrogens is 605 g/mol. The summed E-state index contributed by atoms with van der Waals surface area (Å²) in [6.45, 7) is 4.26. The van der Waals surface area contributed by atoms with Gasteiger partial charge in [-0.1, -0.05) is 129 Å². The highest BCUT2D eigenvalue weighted by molar-refractivity contribution is 7.47. The first-order chi connectivity index (χ1) is 22.2. The molecule has 1 N–H and O–H groups in total. The van der Waals surface area contributed by atoms with Gasteiger partial charge in [0.05, 0.1) is 13.2 Å². The number of nitrogens with zero attached hydrogens (tertiary/aromatic N) is 1. The van der Waals surface area contributed by atoms with Gasteiger partial charge in [0.15, 0.2) is 6.10 Å². The molecule has 0 spiro atoms. The van der Waals surface area contributed by atoms with Gasteiger partial charge in [0.2, 0.25) is 0 Å². The molecule has 0 aromatic rings. The smallest absolute Gasteiger partial charge is 0.462 e. The molecule has 0 aliphatic heterocycles. The van der Waals surface area contributed by atoms with Gasteiger partial charge in [-0.3, -0.25) is 18.6 Å². The molecule has 0 amide bonds. The number of phosphoric ester groups is 1. The zero-order valence-corrected chi connectivity index (χ0v) is 30.9. The summed E-state index contributed by atoms with van der Waals surface area (Å²) in [5, 5.41) is 0. The molecule has 272 valence electrons. The fourth-order valence-corrected chi connectivity index (χ4v) is 5.64. The zero-order chi connectivity index (χ0) is 34.1. The number of ether oxygens (including phenoxy) is 2. The van der Waals surface area contributed by atoms with Crippen LogP contribution in [0.4, 0.5) is 0 Å². The molecule has 0 fully saturated rings. The normalized spacial score (nSPS) is 13.7. The highest BCUT2D eigenvalue weighted by Crippen LogP contribution is 2.43. The summed E-state index contributed by atoms with van der Waals surface area (Å²) in [5.74, 6) is -0.812. The molecule has 0 aromatic carbocycles. The van der Waals surface area contributed by atoms with Crippen LogP contribution in [0.3, 0.4) is 0 Å². The fourth-order valence-electron chi connectivity index (χ4n) is 4.90. The molecule has 0 aliphatic carbocycles. The van der Waals surface area contributed by atoms with Crippen LogP contribution in [0.15, 0.2) is 12.2 Å². The summed E-state index contributed by atoms with van der Waals surface area (Å²) in [6.07, 6.45) is 28.3. The SMILES string of the molecule is CCCC/C=C\CCCCCCCC(=O)OC(COC(=O)CCCCCCCCCCCCCC)COP(=O)(O)OCCN(C)C. The van der Waals surface area contributed by atoms with Crippen molar-refractivity contribution in [3.63, 3.8) is 0 Å². The molecule has 2 atom stereocenters. The summed E-state index contributed by atoms with van der Waals surface area (Å²) in [7, 11) is -0.707. The van der Waals surface area contributed by atoms with Crippen LogP contribution in [-0.2, 0) is 32.7 Å². The number of phosphoric acid groups is 1. The molecule has 0 bridgehead atoms. The minimum atomic E-state index is -4.35. The Hall–Kier alpha value is -1.25. The predicted octanol–water partition coefficient (Wildman–Crippen LogP) is 9.70. The lowest BCUT2D eigenvalue weighted by atomic mass is 10.0. The molecule has 0 rings (SSSR count). The van der Waals surface area contributed by atoms with Gasteiger partial charge in [0.25, 0.3) is 0 Å². The second-order valence-electron chi connectivity index (χ2n) is 12.8. The van der Waals surface area contributed by atoms with Gasteiger partial charge in [-0.15, -0.1) is 0 Å². The molecule has 10 heteroatoms. The van der Waals surface area contributed by atoms with E-state index >= 15 is 0 Å². The quantitative estimate of drug-likeness (QED) is 0.0308. The van der Waals surface area contributed by atoms with Crippen LogP contribution in [0.5, 0.6) is 0 Å². The van der Waals surface area contributed by atoms with Crippen molar-refractivity contribution in [2.24, 2.45) is 0 Å². The van der Waals surface area contributed by atoms with Crippen LogP contribution in [0.25, 0.3) is 0 Å². The van der Waals surface area contributed by atoms with Gasteiger partial charge in [0, 0.05) is 19.4 Å². The van der Waals surface area contributed by atoms with E-state index in [4.69, 9.17) is 18.5 Å². The van der Waals surface area contributed by atoms with Crippen LogP contribution >= 0.6 is 7.82 Å². The van der Waals surface area contributed by atoms with Crippen molar-refractivity contribution >= 4 is 19.8 Å². The van der Waals surface area contributed by atoms with E-state index in [2.05, 4.69) is 26.0 Å². The second-order valence-corrected chi connectivity index (χ2v) is 14.2. The topological polar surface area (TPSA) is 112 Å². The van der Waals surface area contributed by atoms with Crippen LogP contribution in [0, 0.1) is 0 Å². The molecular formula is C36H70NO8P. The number of likely N-dealkylation sites (N-methyl/N-ethyl adjacent to an activating group) is 1. The Morgan fingerprint density at radius 3 is 1.67 bits per heavy atom. The number of hydrogen-bond acceptors (Lipinski definition) is 8. The Morgan fingerprint density at radius 1 is 0.652 bits per heavy atom. The summed E-state index contributed by atoms with van der Waals surface area (Å²) in [6, 6.07) is 0. The third-order valence-corrected chi connectivity index (χ3v) is 8.81. The monoisotopic (exact) mass is 675 g/mol. The maximum Gasteiger partial charge on any atom is 0.472 e.